The van der Waals surface area contributed by atoms with Gasteiger partial charge in [-0.05, 0) is 18.2 Å². The maximum atomic E-state index is 12.7. The van der Waals surface area contributed by atoms with Crippen molar-refractivity contribution in [1.82, 2.24) is 0 Å². The first-order valence-corrected chi connectivity index (χ1v) is 10.9. The highest BCUT2D eigenvalue weighted by Crippen LogP contribution is 2.29. The fourth-order valence-electron chi connectivity index (χ4n) is 2.85. The van der Waals surface area contributed by atoms with E-state index in [9.17, 15) is 13.2 Å². The van der Waals surface area contributed by atoms with E-state index < -0.39 is 9.84 Å². The Morgan fingerprint density at radius 2 is 1.88 bits per heavy atom. The summed E-state index contributed by atoms with van der Waals surface area (Å²) in [5.41, 5.74) is 3.15. The monoisotopic (exact) mass is 434 g/mol. The molecule has 26 heavy (non-hydrogen) atoms. The van der Waals surface area contributed by atoms with Crippen LogP contribution >= 0.6 is 15.9 Å². The van der Waals surface area contributed by atoms with E-state index >= 15 is 0 Å². The molecule has 0 fully saturated rings. The van der Waals surface area contributed by atoms with E-state index in [0.29, 0.717) is 5.69 Å². The van der Waals surface area contributed by atoms with Crippen LogP contribution in [0.4, 0.5) is 5.69 Å². The normalized spacial score (nSPS) is 14.6. The second-order valence-electron chi connectivity index (χ2n) is 5.97. The van der Waals surface area contributed by atoms with Crippen molar-refractivity contribution in [1.29, 1.82) is 0 Å². The van der Waals surface area contributed by atoms with Crippen LogP contribution < -0.4 is 4.90 Å². The van der Waals surface area contributed by atoms with E-state index in [1.165, 1.54) is 4.90 Å². The minimum Gasteiger partial charge on any atom is -0.309 e. The number of anilines is 1. The third kappa shape index (κ3) is 4.04. The lowest BCUT2D eigenvalue weighted by atomic mass is 10.0. The highest BCUT2D eigenvalue weighted by molar-refractivity contribution is 9.10. The number of fused-ring (bicyclic) bond motifs is 1. The van der Waals surface area contributed by atoms with Crippen molar-refractivity contribution in [2.45, 2.75) is 6.92 Å². The smallest absolute Gasteiger partial charge is 0.248 e. The molecule has 0 atom stereocenters. The molecule has 1 aliphatic heterocycles. The van der Waals surface area contributed by atoms with E-state index in [1.807, 2.05) is 48.5 Å². The molecule has 0 aromatic heterocycles. The van der Waals surface area contributed by atoms with Crippen molar-refractivity contribution in [3.05, 3.63) is 64.1 Å². The van der Waals surface area contributed by atoms with E-state index in [4.69, 9.17) is 0 Å². The Kier molecular flexibility index (Phi) is 5.58. The van der Waals surface area contributed by atoms with Crippen LogP contribution in [0.3, 0.4) is 0 Å². The van der Waals surface area contributed by atoms with Crippen LogP contribution in [0.5, 0.6) is 0 Å². The summed E-state index contributed by atoms with van der Waals surface area (Å²) in [5.74, 6) is -0.204. The van der Waals surface area contributed by atoms with Gasteiger partial charge in [-0.2, -0.15) is 0 Å². The van der Waals surface area contributed by atoms with Gasteiger partial charge in [-0.25, -0.2) is 8.42 Å². The first-order chi connectivity index (χ1) is 12.4. The molecule has 7 heteroatoms. The molecule has 0 N–H and O–H groups in total. The summed E-state index contributed by atoms with van der Waals surface area (Å²) < 4.78 is 24.7. The molecular formula is C19H19BrN2O3S. The van der Waals surface area contributed by atoms with Crippen molar-refractivity contribution < 1.29 is 13.2 Å². The number of carbonyl (C=O) groups excluding carboxylic acids is 1. The molecule has 3 rings (SSSR count). The SMILES string of the molecule is CCS(=O)(=O)CCN1C(=O)CN=C(c2ccccc2)c2cc(Br)ccc21. The van der Waals surface area contributed by atoms with Gasteiger partial charge in [0.15, 0.2) is 9.84 Å². The number of rotatable bonds is 5. The topological polar surface area (TPSA) is 66.8 Å². The van der Waals surface area contributed by atoms with E-state index in [0.717, 1.165) is 21.3 Å². The predicted octanol–water partition coefficient (Wildman–Crippen LogP) is 3.07. The lowest BCUT2D eigenvalue weighted by Gasteiger charge is -2.23. The summed E-state index contributed by atoms with van der Waals surface area (Å²) in [4.78, 5) is 18.7. The number of hydrogen-bond acceptors (Lipinski definition) is 4. The fraction of sp³-hybridized carbons (Fsp3) is 0.263. The van der Waals surface area contributed by atoms with Crippen molar-refractivity contribution in [2.75, 3.05) is 29.5 Å². The number of amides is 1. The molecule has 1 heterocycles. The number of aliphatic imine (C=N–C) groups is 1. The molecule has 136 valence electrons. The minimum atomic E-state index is -3.17. The van der Waals surface area contributed by atoms with Gasteiger partial charge >= 0.3 is 0 Å². The van der Waals surface area contributed by atoms with E-state index in [-0.39, 0.29) is 30.5 Å². The van der Waals surface area contributed by atoms with Crippen LogP contribution in [0.25, 0.3) is 0 Å². The van der Waals surface area contributed by atoms with Crippen LogP contribution in [-0.2, 0) is 14.6 Å². The maximum Gasteiger partial charge on any atom is 0.248 e. The summed E-state index contributed by atoms with van der Waals surface area (Å²) >= 11 is 3.48. The Labute approximate surface area is 161 Å². The largest absolute Gasteiger partial charge is 0.309 e. The third-order valence-corrected chi connectivity index (χ3v) is 6.47. The molecule has 0 unspecified atom stereocenters. The Balaban J connectivity index is 2.06. The lowest BCUT2D eigenvalue weighted by molar-refractivity contribution is -0.117. The highest BCUT2D eigenvalue weighted by Gasteiger charge is 2.26. The second-order valence-corrected chi connectivity index (χ2v) is 9.36. The number of hydrogen-bond donors (Lipinski definition) is 0. The van der Waals surface area contributed by atoms with Crippen LogP contribution in [0, 0.1) is 0 Å². The number of sulfone groups is 1. The Morgan fingerprint density at radius 1 is 1.15 bits per heavy atom. The summed E-state index contributed by atoms with van der Waals surface area (Å²) in [6.45, 7) is 1.73. The average Bonchev–Trinajstić information content (AvgIpc) is 2.77. The minimum absolute atomic E-state index is 0.0112. The van der Waals surface area contributed by atoms with Gasteiger partial charge in [-0.15, -0.1) is 0 Å². The van der Waals surface area contributed by atoms with Crippen LogP contribution in [0.2, 0.25) is 0 Å². The maximum absolute atomic E-state index is 12.7. The van der Waals surface area contributed by atoms with Crippen LogP contribution in [-0.4, -0.2) is 44.6 Å². The molecule has 0 saturated carbocycles. The van der Waals surface area contributed by atoms with Gasteiger partial charge in [0.25, 0.3) is 0 Å². The molecule has 0 bridgehead atoms. The summed E-state index contributed by atoms with van der Waals surface area (Å²) in [6, 6.07) is 15.3. The molecule has 0 saturated heterocycles. The van der Waals surface area contributed by atoms with Gasteiger partial charge in [0.05, 0.1) is 17.2 Å². The number of nitrogens with zero attached hydrogens (tertiary/aromatic N) is 2. The molecule has 5 nitrogen and oxygen atoms in total. The molecule has 0 aliphatic carbocycles. The first kappa shape index (κ1) is 18.8. The van der Waals surface area contributed by atoms with Crippen LogP contribution in [0.1, 0.15) is 18.1 Å². The zero-order chi connectivity index (χ0) is 18.7. The van der Waals surface area contributed by atoms with Crippen LogP contribution in [0.15, 0.2) is 58.0 Å². The summed E-state index contributed by atoms with van der Waals surface area (Å²) in [5, 5.41) is 0. The molecule has 0 radical (unpaired) electrons. The van der Waals surface area contributed by atoms with Gasteiger partial charge < -0.3 is 4.90 Å². The summed E-state index contributed by atoms with van der Waals surface area (Å²) in [7, 11) is -3.17. The van der Waals surface area contributed by atoms with Crippen molar-refractivity contribution in [3.8, 4) is 0 Å². The first-order valence-electron chi connectivity index (χ1n) is 8.32. The number of halogens is 1. The molecule has 2 aromatic rings. The average molecular weight is 435 g/mol. The van der Waals surface area contributed by atoms with Crippen molar-refractivity contribution in [3.63, 3.8) is 0 Å². The van der Waals surface area contributed by atoms with Gasteiger partial charge in [-0.1, -0.05) is 53.2 Å². The highest BCUT2D eigenvalue weighted by atomic mass is 79.9. The van der Waals surface area contributed by atoms with Crippen molar-refractivity contribution in [2.24, 2.45) is 4.99 Å². The Hall–Kier alpha value is -1.99. The molecule has 1 aliphatic rings. The summed E-state index contributed by atoms with van der Waals surface area (Å²) in [6.07, 6.45) is 0. The van der Waals surface area contributed by atoms with Gasteiger partial charge in [-0.3, -0.25) is 9.79 Å². The predicted molar refractivity (Wildman–Crippen MR) is 108 cm³/mol. The molecule has 1 amide bonds. The standard InChI is InChI=1S/C19H19BrN2O3S/c1-2-26(24,25)11-10-22-17-9-8-15(20)12-16(17)19(21-13-18(22)23)14-6-4-3-5-7-14/h3-9,12H,2,10-11,13H2,1H3. The fourth-order valence-corrected chi connectivity index (χ4v) is 3.96. The van der Waals surface area contributed by atoms with Crippen molar-refractivity contribution >= 4 is 43.1 Å². The molecule has 2 aromatic carbocycles. The van der Waals surface area contributed by atoms with Gasteiger partial charge in [0, 0.05) is 27.9 Å². The van der Waals surface area contributed by atoms with Gasteiger partial charge in [0.2, 0.25) is 5.91 Å². The zero-order valence-electron chi connectivity index (χ0n) is 14.4. The molecule has 0 spiro atoms. The van der Waals surface area contributed by atoms with E-state index in [2.05, 4.69) is 20.9 Å². The number of benzodiazepines with no additional fused rings is 1. The van der Waals surface area contributed by atoms with Gasteiger partial charge in [0.1, 0.15) is 6.54 Å². The quantitative estimate of drug-likeness (QED) is 0.725. The Bertz CT molecular complexity index is 956. The Morgan fingerprint density at radius 3 is 2.58 bits per heavy atom. The number of carbonyl (C=O) groups is 1. The lowest BCUT2D eigenvalue weighted by Crippen LogP contribution is -2.36. The number of benzene rings is 2. The zero-order valence-corrected chi connectivity index (χ0v) is 16.8. The molecular weight excluding hydrogens is 416 g/mol. The van der Waals surface area contributed by atoms with E-state index in [1.54, 1.807) is 6.92 Å². The third-order valence-electron chi connectivity index (χ3n) is 4.29. The second kappa shape index (κ2) is 7.72.